The van der Waals surface area contributed by atoms with E-state index in [1.165, 1.54) is 5.56 Å². The highest BCUT2D eigenvalue weighted by molar-refractivity contribution is 5.95. The number of amides is 1. The molecular formula is C15H22N2O2. The summed E-state index contributed by atoms with van der Waals surface area (Å²) in [5.41, 5.74) is 3.10. The van der Waals surface area contributed by atoms with E-state index in [0.29, 0.717) is 12.5 Å². The predicted octanol–water partition coefficient (Wildman–Crippen LogP) is 2.06. The van der Waals surface area contributed by atoms with Crippen LogP contribution in [0, 0.1) is 5.92 Å². The third-order valence-electron chi connectivity index (χ3n) is 3.54. The van der Waals surface area contributed by atoms with E-state index in [1.54, 1.807) is 7.11 Å². The maximum Gasteiger partial charge on any atom is 0.251 e. The van der Waals surface area contributed by atoms with Gasteiger partial charge in [-0.2, -0.15) is 0 Å². The Labute approximate surface area is 114 Å². The second-order valence-electron chi connectivity index (χ2n) is 5.33. The van der Waals surface area contributed by atoms with Crippen molar-refractivity contribution in [1.29, 1.82) is 0 Å². The summed E-state index contributed by atoms with van der Waals surface area (Å²) in [5, 5.41) is 6.33. The number of benzene rings is 1. The van der Waals surface area contributed by atoms with E-state index in [9.17, 15) is 4.79 Å². The van der Waals surface area contributed by atoms with E-state index in [-0.39, 0.29) is 11.9 Å². The standard InChI is InChI=1S/C15H22N2O2/c1-10(2)14(9-19-3)17-15(18)12-4-5-13-11(8-12)6-7-16-13/h4-5,8,10,14,16H,6-7,9H2,1-3H3,(H,17,18). The van der Waals surface area contributed by atoms with Gasteiger partial charge in [-0.1, -0.05) is 13.8 Å². The Morgan fingerprint density at radius 2 is 2.26 bits per heavy atom. The molecule has 2 rings (SSSR count). The Hall–Kier alpha value is -1.55. The molecule has 0 bridgehead atoms. The van der Waals surface area contributed by atoms with Gasteiger partial charge in [-0.3, -0.25) is 4.79 Å². The lowest BCUT2D eigenvalue weighted by Crippen LogP contribution is -2.41. The van der Waals surface area contributed by atoms with Gasteiger partial charge >= 0.3 is 0 Å². The molecule has 0 fully saturated rings. The van der Waals surface area contributed by atoms with E-state index >= 15 is 0 Å². The average molecular weight is 262 g/mol. The van der Waals surface area contributed by atoms with Crippen molar-refractivity contribution in [3.63, 3.8) is 0 Å². The number of nitrogens with one attached hydrogen (secondary N) is 2. The number of fused-ring (bicyclic) bond motifs is 1. The number of hydrogen-bond acceptors (Lipinski definition) is 3. The fourth-order valence-corrected chi connectivity index (χ4v) is 2.28. The maximum atomic E-state index is 12.2. The third kappa shape index (κ3) is 3.26. The largest absolute Gasteiger partial charge is 0.384 e. The van der Waals surface area contributed by atoms with Crippen LogP contribution >= 0.6 is 0 Å². The SMILES string of the molecule is COCC(NC(=O)c1ccc2c(c1)CCN2)C(C)C. The lowest BCUT2D eigenvalue weighted by Gasteiger charge is -2.21. The van der Waals surface area contributed by atoms with Crippen molar-refractivity contribution in [3.8, 4) is 0 Å². The number of carbonyl (C=O) groups excluding carboxylic acids is 1. The fourth-order valence-electron chi connectivity index (χ4n) is 2.28. The first kappa shape index (κ1) is 13.9. The highest BCUT2D eigenvalue weighted by atomic mass is 16.5. The zero-order chi connectivity index (χ0) is 13.8. The molecule has 0 aromatic heterocycles. The first-order valence-electron chi connectivity index (χ1n) is 6.78. The van der Waals surface area contributed by atoms with Crippen LogP contribution in [0.2, 0.25) is 0 Å². The van der Waals surface area contributed by atoms with Gasteiger partial charge in [-0.05, 0) is 36.1 Å². The Balaban J connectivity index is 2.07. The van der Waals surface area contributed by atoms with Crippen molar-refractivity contribution in [3.05, 3.63) is 29.3 Å². The van der Waals surface area contributed by atoms with Gasteiger partial charge in [0.05, 0.1) is 12.6 Å². The zero-order valence-corrected chi connectivity index (χ0v) is 11.8. The first-order chi connectivity index (χ1) is 9.11. The Bertz CT molecular complexity index is 457. The molecule has 4 heteroatoms. The Morgan fingerprint density at radius 3 is 2.95 bits per heavy atom. The Kier molecular flexibility index (Phi) is 4.43. The second kappa shape index (κ2) is 6.06. The molecule has 1 aromatic rings. The lowest BCUT2D eigenvalue weighted by molar-refractivity contribution is 0.0866. The summed E-state index contributed by atoms with van der Waals surface area (Å²) in [6.45, 7) is 5.65. The van der Waals surface area contributed by atoms with E-state index in [2.05, 4.69) is 24.5 Å². The summed E-state index contributed by atoms with van der Waals surface area (Å²) in [6, 6.07) is 5.88. The number of hydrogen-bond donors (Lipinski definition) is 2. The molecule has 0 spiro atoms. The van der Waals surface area contributed by atoms with Crippen LogP contribution in [0.5, 0.6) is 0 Å². The number of methoxy groups -OCH3 is 1. The molecule has 19 heavy (non-hydrogen) atoms. The van der Waals surface area contributed by atoms with Crippen molar-refractivity contribution in [2.45, 2.75) is 26.3 Å². The topological polar surface area (TPSA) is 50.4 Å². The molecule has 1 atom stereocenters. The van der Waals surface area contributed by atoms with Crippen LogP contribution in [-0.4, -0.2) is 32.2 Å². The molecule has 1 aliphatic heterocycles. The maximum absolute atomic E-state index is 12.2. The monoisotopic (exact) mass is 262 g/mol. The number of anilines is 1. The normalized spacial score (nSPS) is 14.9. The van der Waals surface area contributed by atoms with Crippen molar-refractivity contribution < 1.29 is 9.53 Å². The molecule has 1 aromatic carbocycles. The molecule has 2 N–H and O–H groups in total. The van der Waals surface area contributed by atoms with Gasteiger partial charge in [-0.25, -0.2) is 0 Å². The number of carbonyl (C=O) groups is 1. The van der Waals surface area contributed by atoms with Crippen LogP contribution in [0.25, 0.3) is 0 Å². The highest BCUT2D eigenvalue weighted by Crippen LogP contribution is 2.23. The summed E-state index contributed by atoms with van der Waals surface area (Å²) in [5.74, 6) is 0.324. The van der Waals surface area contributed by atoms with Crippen LogP contribution in [0.1, 0.15) is 29.8 Å². The van der Waals surface area contributed by atoms with Crippen LogP contribution < -0.4 is 10.6 Å². The van der Waals surface area contributed by atoms with Gasteiger partial charge < -0.3 is 15.4 Å². The van der Waals surface area contributed by atoms with Crippen LogP contribution in [0.15, 0.2) is 18.2 Å². The molecule has 0 saturated heterocycles. The molecule has 104 valence electrons. The third-order valence-corrected chi connectivity index (χ3v) is 3.54. The van der Waals surface area contributed by atoms with Crippen molar-refractivity contribution in [2.24, 2.45) is 5.92 Å². The van der Waals surface area contributed by atoms with Crippen LogP contribution in [-0.2, 0) is 11.2 Å². The van der Waals surface area contributed by atoms with Crippen LogP contribution in [0.3, 0.4) is 0 Å². The van der Waals surface area contributed by atoms with E-state index in [4.69, 9.17) is 4.74 Å². The molecule has 0 saturated carbocycles. The Morgan fingerprint density at radius 1 is 1.47 bits per heavy atom. The summed E-state index contributed by atoms with van der Waals surface area (Å²) < 4.78 is 5.15. The summed E-state index contributed by atoms with van der Waals surface area (Å²) in [7, 11) is 1.66. The van der Waals surface area contributed by atoms with Crippen molar-refractivity contribution >= 4 is 11.6 Å². The minimum Gasteiger partial charge on any atom is -0.384 e. The van der Waals surface area contributed by atoms with Gasteiger partial charge in [0.25, 0.3) is 5.91 Å². The molecule has 0 radical (unpaired) electrons. The van der Waals surface area contributed by atoms with Crippen LogP contribution in [0.4, 0.5) is 5.69 Å². The molecular weight excluding hydrogens is 240 g/mol. The van der Waals surface area contributed by atoms with Gasteiger partial charge in [0.1, 0.15) is 0 Å². The second-order valence-corrected chi connectivity index (χ2v) is 5.33. The zero-order valence-electron chi connectivity index (χ0n) is 11.8. The van der Waals surface area contributed by atoms with Gasteiger partial charge in [-0.15, -0.1) is 0 Å². The lowest BCUT2D eigenvalue weighted by atomic mass is 10.0. The quantitative estimate of drug-likeness (QED) is 0.854. The van der Waals surface area contributed by atoms with E-state index in [1.807, 2.05) is 18.2 Å². The fraction of sp³-hybridized carbons (Fsp3) is 0.533. The number of rotatable bonds is 5. The molecule has 1 unspecified atom stereocenters. The summed E-state index contributed by atoms with van der Waals surface area (Å²) >= 11 is 0. The van der Waals surface area contributed by atoms with Gasteiger partial charge in [0, 0.05) is 24.9 Å². The van der Waals surface area contributed by atoms with Crippen molar-refractivity contribution in [2.75, 3.05) is 25.6 Å². The minimum atomic E-state index is -0.0227. The predicted molar refractivity (Wildman–Crippen MR) is 76.6 cm³/mol. The van der Waals surface area contributed by atoms with Gasteiger partial charge in [0.2, 0.25) is 0 Å². The van der Waals surface area contributed by atoms with E-state index in [0.717, 1.165) is 24.2 Å². The molecule has 1 aliphatic rings. The smallest absolute Gasteiger partial charge is 0.251 e. The highest BCUT2D eigenvalue weighted by Gasteiger charge is 2.18. The van der Waals surface area contributed by atoms with Gasteiger partial charge in [0.15, 0.2) is 0 Å². The molecule has 0 aliphatic carbocycles. The van der Waals surface area contributed by atoms with E-state index < -0.39 is 0 Å². The van der Waals surface area contributed by atoms with Crippen molar-refractivity contribution in [1.82, 2.24) is 5.32 Å². The molecule has 4 nitrogen and oxygen atoms in total. The molecule has 1 heterocycles. The molecule has 1 amide bonds. The number of ether oxygens (including phenoxy) is 1. The summed E-state index contributed by atoms with van der Waals surface area (Å²) in [6.07, 6.45) is 0.988. The summed E-state index contributed by atoms with van der Waals surface area (Å²) in [4.78, 5) is 12.2. The average Bonchev–Trinajstić information content (AvgIpc) is 2.85. The first-order valence-corrected chi connectivity index (χ1v) is 6.78. The minimum absolute atomic E-state index is 0.0227.